The number of nitrogens with zero attached hydrogens (tertiary/aromatic N) is 1. The number of rotatable bonds is 6. The lowest BCUT2D eigenvalue weighted by Gasteiger charge is -2.26. The van der Waals surface area contributed by atoms with Crippen LogP contribution < -0.4 is 5.32 Å². The number of benzene rings is 1. The van der Waals surface area contributed by atoms with Crippen molar-refractivity contribution in [1.29, 1.82) is 0 Å². The van der Waals surface area contributed by atoms with Gasteiger partial charge in [0.2, 0.25) is 5.91 Å². The van der Waals surface area contributed by atoms with Gasteiger partial charge in [-0.25, -0.2) is 0 Å². The van der Waals surface area contributed by atoms with Crippen LogP contribution >= 0.6 is 0 Å². The number of amides is 1. The maximum atomic E-state index is 12.1. The minimum absolute atomic E-state index is 0.105. The van der Waals surface area contributed by atoms with Crippen LogP contribution in [0.3, 0.4) is 0 Å². The topological polar surface area (TPSA) is 61.8 Å². The number of ether oxygens (including phenoxy) is 1. The first kappa shape index (κ1) is 15.3. The van der Waals surface area contributed by atoms with Gasteiger partial charge in [-0.15, -0.1) is 0 Å². The summed E-state index contributed by atoms with van der Waals surface area (Å²) in [6.45, 7) is 5.41. The van der Waals surface area contributed by atoms with Gasteiger partial charge in [0.25, 0.3) is 0 Å². The highest BCUT2D eigenvalue weighted by Gasteiger charge is 2.43. The van der Waals surface area contributed by atoms with Crippen LogP contribution in [0, 0.1) is 5.92 Å². The molecule has 1 saturated carbocycles. The van der Waals surface area contributed by atoms with E-state index in [-0.39, 0.29) is 17.6 Å². The summed E-state index contributed by atoms with van der Waals surface area (Å²) in [7, 11) is 0. The standard InChI is InChI=1S/C17H24N2O3/c20-14-4-2-13(3-5-14)15-12-16(15)17(21)18-6-1-7-19-8-10-22-11-9-19/h2-5,15-16,20H,1,6-12H2,(H,18,21). The second kappa shape index (κ2) is 7.11. The molecule has 2 unspecified atom stereocenters. The fraction of sp³-hybridized carbons (Fsp3) is 0.588. The largest absolute Gasteiger partial charge is 0.508 e. The van der Waals surface area contributed by atoms with Crippen LogP contribution in [-0.2, 0) is 9.53 Å². The van der Waals surface area contributed by atoms with Gasteiger partial charge in [-0.3, -0.25) is 9.69 Å². The summed E-state index contributed by atoms with van der Waals surface area (Å²) in [5.41, 5.74) is 1.14. The van der Waals surface area contributed by atoms with Crippen molar-refractivity contribution >= 4 is 5.91 Å². The van der Waals surface area contributed by atoms with E-state index in [1.54, 1.807) is 12.1 Å². The Morgan fingerprint density at radius 1 is 1.27 bits per heavy atom. The lowest BCUT2D eigenvalue weighted by atomic mass is 10.1. The van der Waals surface area contributed by atoms with Gasteiger partial charge >= 0.3 is 0 Å². The van der Waals surface area contributed by atoms with Gasteiger partial charge in [-0.1, -0.05) is 12.1 Å². The number of carbonyl (C=O) groups is 1. The van der Waals surface area contributed by atoms with Gasteiger partial charge in [0.1, 0.15) is 5.75 Å². The first-order chi connectivity index (χ1) is 10.7. The van der Waals surface area contributed by atoms with Crippen LogP contribution in [0.15, 0.2) is 24.3 Å². The van der Waals surface area contributed by atoms with Gasteiger partial charge in [0, 0.05) is 25.6 Å². The summed E-state index contributed by atoms with van der Waals surface area (Å²) in [6, 6.07) is 7.19. The van der Waals surface area contributed by atoms with Crippen LogP contribution in [-0.4, -0.2) is 55.3 Å². The Morgan fingerprint density at radius 3 is 2.73 bits per heavy atom. The Balaban J connectivity index is 1.34. The summed E-state index contributed by atoms with van der Waals surface area (Å²) in [6.07, 6.45) is 1.91. The second-order valence-electron chi connectivity index (χ2n) is 6.14. The Hall–Kier alpha value is -1.59. The van der Waals surface area contributed by atoms with E-state index in [0.717, 1.165) is 57.8 Å². The fourth-order valence-corrected chi connectivity index (χ4v) is 3.04. The maximum Gasteiger partial charge on any atom is 0.223 e. The van der Waals surface area contributed by atoms with Crippen LogP contribution in [0.5, 0.6) is 5.75 Å². The summed E-state index contributed by atoms with van der Waals surface area (Å²) in [5, 5.41) is 12.3. The summed E-state index contributed by atoms with van der Waals surface area (Å²) in [4.78, 5) is 14.5. The highest BCUT2D eigenvalue weighted by molar-refractivity contribution is 5.82. The van der Waals surface area contributed by atoms with E-state index >= 15 is 0 Å². The molecule has 1 saturated heterocycles. The lowest BCUT2D eigenvalue weighted by molar-refractivity contribution is -0.122. The van der Waals surface area contributed by atoms with E-state index in [4.69, 9.17) is 4.74 Å². The summed E-state index contributed by atoms with van der Waals surface area (Å²) in [5.74, 6) is 0.862. The molecular formula is C17H24N2O3. The molecule has 2 atom stereocenters. The van der Waals surface area contributed by atoms with Crippen LogP contribution in [0.1, 0.15) is 24.3 Å². The van der Waals surface area contributed by atoms with Crippen molar-refractivity contribution in [3.63, 3.8) is 0 Å². The number of aromatic hydroxyl groups is 1. The van der Waals surface area contributed by atoms with Crippen molar-refractivity contribution < 1.29 is 14.6 Å². The molecule has 2 aliphatic rings. The molecule has 120 valence electrons. The van der Waals surface area contributed by atoms with E-state index in [1.165, 1.54) is 0 Å². The molecule has 1 heterocycles. The third-order valence-electron chi connectivity index (χ3n) is 4.50. The van der Waals surface area contributed by atoms with E-state index < -0.39 is 0 Å². The highest BCUT2D eigenvalue weighted by Crippen LogP contribution is 2.47. The average Bonchev–Trinajstić information content (AvgIpc) is 3.34. The van der Waals surface area contributed by atoms with Crippen molar-refractivity contribution in [3.05, 3.63) is 29.8 Å². The maximum absolute atomic E-state index is 12.1. The number of hydrogen-bond acceptors (Lipinski definition) is 4. The van der Waals surface area contributed by atoms with Crippen molar-refractivity contribution in [2.24, 2.45) is 5.92 Å². The molecule has 1 aromatic rings. The highest BCUT2D eigenvalue weighted by atomic mass is 16.5. The lowest BCUT2D eigenvalue weighted by Crippen LogP contribution is -2.38. The first-order valence-corrected chi connectivity index (χ1v) is 8.11. The predicted molar refractivity (Wildman–Crippen MR) is 83.8 cm³/mol. The normalized spacial score (nSPS) is 24.9. The average molecular weight is 304 g/mol. The summed E-state index contributed by atoms with van der Waals surface area (Å²) >= 11 is 0. The molecule has 1 aliphatic carbocycles. The SMILES string of the molecule is O=C(NCCCN1CCOCC1)C1CC1c1ccc(O)cc1. The smallest absolute Gasteiger partial charge is 0.223 e. The molecule has 3 rings (SSSR count). The minimum Gasteiger partial charge on any atom is -0.508 e. The second-order valence-corrected chi connectivity index (χ2v) is 6.14. The van der Waals surface area contributed by atoms with E-state index in [2.05, 4.69) is 10.2 Å². The Labute approximate surface area is 131 Å². The molecule has 1 aliphatic heterocycles. The zero-order valence-corrected chi connectivity index (χ0v) is 12.8. The quantitative estimate of drug-likeness (QED) is 0.779. The summed E-state index contributed by atoms with van der Waals surface area (Å²) < 4.78 is 5.32. The van der Waals surface area contributed by atoms with Gasteiger partial charge in [-0.2, -0.15) is 0 Å². The molecule has 2 fully saturated rings. The number of nitrogens with one attached hydrogen (secondary N) is 1. The van der Waals surface area contributed by atoms with Crippen LogP contribution in [0.4, 0.5) is 0 Å². The molecule has 5 heteroatoms. The van der Waals surface area contributed by atoms with Crippen LogP contribution in [0.2, 0.25) is 0 Å². The number of morpholine rings is 1. The Morgan fingerprint density at radius 2 is 2.00 bits per heavy atom. The zero-order valence-electron chi connectivity index (χ0n) is 12.8. The monoisotopic (exact) mass is 304 g/mol. The van der Waals surface area contributed by atoms with E-state index in [1.807, 2.05) is 12.1 Å². The molecular weight excluding hydrogens is 280 g/mol. The molecule has 22 heavy (non-hydrogen) atoms. The number of hydrogen-bond donors (Lipinski definition) is 2. The van der Waals surface area contributed by atoms with Gasteiger partial charge in [0.15, 0.2) is 0 Å². The third kappa shape index (κ3) is 3.99. The molecule has 1 aromatic carbocycles. The van der Waals surface area contributed by atoms with Gasteiger partial charge in [-0.05, 0) is 43.0 Å². The molecule has 5 nitrogen and oxygen atoms in total. The Bertz CT molecular complexity index is 497. The minimum atomic E-state index is 0.105. The van der Waals surface area contributed by atoms with Crippen LogP contribution in [0.25, 0.3) is 0 Å². The van der Waals surface area contributed by atoms with Crippen molar-refractivity contribution in [1.82, 2.24) is 10.2 Å². The first-order valence-electron chi connectivity index (χ1n) is 8.11. The van der Waals surface area contributed by atoms with Crippen molar-refractivity contribution in [2.45, 2.75) is 18.8 Å². The molecule has 0 radical (unpaired) electrons. The molecule has 0 bridgehead atoms. The van der Waals surface area contributed by atoms with E-state index in [9.17, 15) is 9.90 Å². The Kier molecular flexibility index (Phi) is 4.95. The predicted octanol–water partition coefficient (Wildman–Crippen LogP) is 1.33. The third-order valence-corrected chi connectivity index (χ3v) is 4.50. The fourth-order valence-electron chi connectivity index (χ4n) is 3.04. The molecule has 0 aromatic heterocycles. The van der Waals surface area contributed by atoms with Gasteiger partial charge < -0.3 is 15.2 Å². The van der Waals surface area contributed by atoms with Crippen molar-refractivity contribution in [2.75, 3.05) is 39.4 Å². The van der Waals surface area contributed by atoms with Gasteiger partial charge in [0.05, 0.1) is 13.2 Å². The molecule has 1 amide bonds. The number of phenolic OH excluding ortho intramolecular Hbond substituents is 1. The molecule has 2 N–H and O–H groups in total. The number of carbonyl (C=O) groups excluding carboxylic acids is 1. The molecule has 0 spiro atoms. The zero-order chi connectivity index (χ0) is 15.4. The van der Waals surface area contributed by atoms with Crippen molar-refractivity contribution in [3.8, 4) is 5.75 Å². The number of phenols is 1. The van der Waals surface area contributed by atoms with E-state index in [0.29, 0.717) is 5.92 Å².